The standard InChI is InChI=1S/C20H19FN6O/c21-15-5-1-2-6-16(15)25-20(28)17-13-19(24-14-23-17)27-11-9-26(10-12-27)18-7-3-4-8-22-18/h1-8,13-14H,9-12H2,(H,25,28). The molecule has 8 heteroatoms. The summed E-state index contributed by atoms with van der Waals surface area (Å²) in [6, 6.07) is 13.5. The molecule has 0 bridgehead atoms. The van der Waals surface area contributed by atoms with Gasteiger partial charge in [-0.15, -0.1) is 0 Å². The van der Waals surface area contributed by atoms with E-state index in [1.54, 1.807) is 24.4 Å². The monoisotopic (exact) mass is 378 g/mol. The minimum absolute atomic E-state index is 0.122. The van der Waals surface area contributed by atoms with Crippen molar-refractivity contribution in [1.82, 2.24) is 15.0 Å². The molecular weight excluding hydrogens is 359 g/mol. The number of hydrogen-bond acceptors (Lipinski definition) is 6. The number of anilines is 3. The Morgan fingerprint density at radius 1 is 0.893 bits per heavy atom. The van der Waals surface area contributed by atoms with Crippen LogP contribution in [0.4, 0.5) is 21.7 Å². The number of hydrogen-bond donors (Lipinski definition) is 1. The lowest BCUT2D eigenvalue weighted by Gasteiger charge is -2.36. The fourth-order valence-electron chi connectivity index (χ4n) is 3.10. The van der Waals surface area contributed by atoms with Crippen LogP contribution in [-0.2, 0) is 0 Å². The van der Waals surface area contributed by atoms with Crippen molar-refractivity contribution in [2.24, 2.45) is 0 Å². The van der Waals surface area contributed by atoms with E-state index in [1.807, 2.05) is 18.2 Å². The second-order valence-corrected chi connectivity index (χ2v) is 6.36. The summed E-state index contributed by atoms with van der Waals surface area (Å²) < 4.78 is 13.7. The van der Waals surface area contributed by atoms with Gasteiger partial charge < -0.3 is 15.1 Å². The van der Waals surface area contributed by atoms with Gasteiger partial charge in [-0.1, -0.05) is 18.2 Å². The van der Waals surface area contributed by atoms with E-state index in [2.05, 4.69) is 30.1 Å². The summed E-state index contributed by atoms with van der Waals surface area (Å²) in [6.45, 7) is 3.11. The van der Waals surface area contributed by atoms with Crippen molar-refractivity contribution in [3.05, 3.63) is 72.6 Å². The molecule has 142 valence electrons. The third kappa shape index (κ3) is 3.90. The maximum Gasteiger partial charge on any atom is 0.274 e. The van der Waals surface area contributed by atoms with E-state index in [-0.39, 0.29) is 11.4 Å². The van der Waals surface area contributed by atoms with E-state index in [1.165, 1.54) is 18.5 Å². The molecule has 0 atom stereocenters. The van der Waals surface area contributed by atoms with Crippen LogP contribution in [0.3, 0.4) is 0 Å². The van der Waals surface area contributed by atoms with Gasteiger partial charge in [-0.05, 0) is 24.3 Å². The van der Waals surface area contributed by atoms with Crippen molar-refractivity contribution in [3.63, 3.8) is 0 Å². The van der Waals surface area contributed by atoms with Crippen LogP contribution < -0.4 is 15.1 Å². The lowest BCUT2D eigenvalue weighted by molar-refractivity contribution is 0.102. The summed E-state index contributed by atoms with van der Waals surface area (Å²) in [7, 11) is 0. The largest absolute Gasteiger partial charge is 0.353 e. The number of carbonyl (C=O) groups excluding carboxylic acids is 1. The summed E-state index contributed by atoms with van der Waals surface area (Å²) in [6.07, 6.45) is 3.14. The van der Waals surface area contributed by atoms with Crippen LogP contribution in [0.5, 0.6) is 0 Å². The number of benzene rings is 1. The zero-order valence-corrected chi connectivity index (χ0v) is 15.1. The second kappa shape index (κ2) is 7.99. The van der Waals surface area contributed by atoms with Crippen LogP contribution in [0.1, 0.15) is 10.5 Å². The third-order valence-corrected chi connectivity index (χ3v) is 4.58. The molecule has 3 aromatic rings. The summed E-state index contributed by atoms with van der Waals surface area (Å²) in [5.74, 6) is 0.667. The topological polar surface area (TPSA) is 74.2 Å². The summed E-state index contributed by atoms with van der Waals surface area (Å²) in [4.78, 5) is 29.5. The Morgan fingerprint density at radius 2 is 1.61 bits per heavy atom. The van der Waals surface area contributed by atoms with E-state index in [0.717, 1.165) is 32.0 Å². The Hall–Kier alpha value is -3.55. The predicted molar refractivity (Wildman–Crippen MR) is 105 cm³/mol. The number of piperazine rings is 1. The predicted octanol–water partition coefficient (Wildman–Crippen LogP) is 2.59. The Morgan fingerprint density at radius 3 is 2.32 bits per heavy atom. The molecule has 3 heterocycles. The maximum atomic E-state index is 13.7. The zero-order chi connectivity index (χ0) is 19.3. The quantitative estimate of drug-likeness (QED) is 0.752. The Balaban J connectivity index is 1.43. The number of carbonyl (C=O) groups is 1. The van der Waals surface area contributed by atoms with Gasteiger partial charge in [0.2, 0.25) is 0 Å². The maximum absolute atomic E-state index is 13.7. The number of para-hydroxylation sites is 1. The van der Waals surface area contributed by atoms with Crippen molar-refractivity contribution in [1.29, 1.82) is 0 Å². The number of nitrogens with one attached hydrogen (secondary N) is 1. The minimum atomic E-state index is -0.490. The Labute approximate surface area is 161 Å². The highest BCUT2D eigenvalue weighted by atomic mass is 19.1. The van der Waals surface area contributed by atoms with Gasteiger partial charge in [0.25, 0.3) is 5.91 Å². The van der Waals surface area contributed by atoms with Gasteiger partial charge in [0.05, 0.1) is 5.69 Å². The van der Waals surface area contributed by atoms with Crippen molar-refractivity contribution in [2.75, 3.05) is 41.3 Å². The highest BCUT2D eigenvalue weighted by Crippen LogP contribution is 2.18. The molecular formula is C20H19FN6O. The van der Waals surface area contributed by atoms with E-state index in [4.69, 9.17) is 0 Å². The molecule has 1 fully saturated rings. The molecule has 2 aromatic heterocycles. The molecule has 1 saturated heterocycles. The van der Waals surface area contributed by atoms with E-state index >= 15 is 0 Å². The van der Waals surface area contributed by atoms with E-state index < -0.39 is 11.7 Å². The first-order valence-electron chi connectivity index (χ1n) is 8.99. The summed E-state index contributed by atoms with van der Waals surface area (Å²) >= 11 is 0. The first kappa shape index (κ1) is 17.8. The fourth-order valence-corrected chi connectivity index (χ4v) is 3.10. The normalized spacial score (nSPS) is 14.0. The first-order chi connectivity index (χ1) is 13.7. The number of nitrogens with zero attached hydrogens (tertiary/aromatic N) is 5. The van der Waals surface area contributed by atoms with Crippen LogP contribution in [0.15, 0.2) is 61.1 Å². The highest BCUT2D eigenvalue weighted by molar-refractivity contribution is 6.03. The van der Waals surface area contributed by atoms with Crippen molar-refractivity contribution < 1.29 is 9.18 Å². The molecule has 0 aliphatic carbocycles. The van der Waals surface area contributed by atoms with Crippen molar-refractivity contribution >= 4 is 23.2 Å². The molecule has 1 aromatic carbocycles. The molecule has 1 N–H and O–H groups in total. The molecule has 0 spiro atoms. The van der Waals surface area contributed by atoms with Crippen molar-refractivity contribution in [3.8, 4) is 0 Å². The lowest BCUT2D eigenvalue weighted by atomic mass is 10.2. The molecule has 4 rings (SSSR count). The molecule has 0 saturated carbocycles. The van der Waals surface area contributed by atoms with Gasteiger partial charge in [0, 0.05) is 38.4 Å². The third-order valence-electron chi connectivity index (χ3n) is 4.58. The van der Waals surface area contributed by atoms with Gasteiger partial charge in [-0.3, -0.25) is 4.79 Å². The van der Waals surface area contributed by atoms with E-state index in [9.17, 15) is 9.18 Å². The summed E-state index contributed by atoms with van der Waals surface area (Å²) in [5.41, 5.74) is 0.317. The van der Waals surface area contributed by atoms with Gasteiger partial charge in [0.15, 0.2) is 0 Å². The molecule has 1 aliphatic rings. The van der Waals surface area contributed by atoms with Gasteiger partial charge in [-0.25, -0.2) is 19.3 Å². The molecule has 7 nitrogen and oxygen atoms in total. The van der Waals surface area contributed by atoms with Crippen LogP contribution in [0.2, 0.25) is 0 Å². The van der Waals surface area contributed by atoms with Crippen LogP contribution >= 0.6 is 0 Å². The summed E-state index contributed by atoms with van der Waals surface area (Å²) in [5, 5.41) is 2.55. The molecule has 1 aliphatic heterocycles. The lowest BCUT2D eigenvalue weighted by Crippen LogP contribution is -2.47. The van der Waals surface area contributed by atoms with Crippen molar-refractivity contribution in [2.45, 2.75) is 0 Å². The number of rotatable bonds is 4. The molecule has 0 unspecified atom stereocenters. The molecule has 28 heavy (non-hydrogen) atoms. The Bertz CT molecular complexity index is 960. The fraction of sp³-hybridized carbons (Fsp3) is 0.200. The van der Waals surface area contributed by atoms with E-state index in [0.29, 0.717) is 5.82 Å². The van der Waals surface area contributed by atoms with Crippen LogP contribution in [0, 0.1) is 5.82 Å². The Kier molecular flexibility index (Phi) is 5.09. The zero-order valence-electron chi connectivity index (χ0n) is 15.1. The number of pyridine rings is 1. The smallest absolute Gasteiger partial charge is 0.274 e. The van der Waals surface area contributed by atoms with Gasteiger partial charge in [-0.2, -0.15) is 0 Å². The number of amides is 1. The minimum Gasteiger partial charge on any atom is -0.353 e. The highest BCUT2D eigenvalue weighted by Gasteiger charge is 2.20. The molecule has 1 amide bonds. The van der Waals surface area contributed by atoms with Crippen LogP contribution in [-0.4, -0.2) is 47.0 Å². The first-order valence-corrected chi connectivity index (χ1v) is 8.99. The van der Waals surface area contributed by atoms with Gasteiger partial charge in [0.1, 0.15) is 29.5 Å². The average Bonchev–Trinajstić information content (AvgIpc) is 2.76. The molecule has 0 radical (unpaired) electrons. The average molecular weight is 378 g/mol. The van der Waals surface area contributed by atoms with Gasteiger partial charge >= 0.3 is 0 Å². The van der Waals surface area contributed by atoms with Crippen LogP contribution in [0.25, 0.3) is 0 Å². The SMILES string of the molecule is O=C(Nc1ccccc1F)c1cc(N2CCN(c3ccccn3)CC2)ncn1. The second-order valence-electron chi connectivity index (χ2n) is 6.36. The number of halogens is 1. The number of aromatic nitrogens is 3.